The van der Waals surface area contributed by atoms with E-state index in [-0.39, 0.29) is 0 Å². The summed E-state index contributed by atoms with van der Waals surface area (Å²) >= 11 is 0. The van der Waals surface area contributed by atoms with E-state index in [0.717, 1.165) is 18.4 Å². The summed E-state index contributed by atoms with van der Waals surface area (Å²) in [4.78, 5) is 2.58. The van der Waals surface area contributed by atoms with Gasteiger partial charge in [-0.1, -0.05) is 0 Å². The van der Waals surface area contributed by atoms with Crippen LogP contribution in [0.4, 0.5) is 0 Å². The van der Waals surface area contributed by atoms with Crippen LogP contribution in [0.5, 0.6) is 0 Å². The topological polar surface area (TPSA) is 33.1 Å². The first-order chi connectivity index (χ1) is 7.74. The fourth-order valence-electron chi connectivity index (χ4n) is 3.22. The van der Waals surface area contributed by atoms with Crippen LogP contribution in [0, 0.1) is 11.8 Å². The predicted octanol–water partition coefficient (Wildman–Crippen LogP) is 0.460. The van der Waals surface area contributed by atoms with Gasteiger partial charge in [-0.2, -0.15) is 5.10 Å². The lowest BCUT2D eigenvalue weighted by molar-refractivity contribution is 0.228. The molecule has 4 heteroatoms. The molecule has 2 aliphatic heterocycles. The van der Waals surface area contributed by atoms with Gasteiger partial charge in [0.15, 0.2) is 0 Å². The van der Waals surface area contributed by atoms with Crippen molar-refractivity contribution in [2.75, 3.05) is 19.6 Å². The molecule has 0 aromatic carbocycles. The minimum absolute atomic E-state index is 0.696. The van der Waals surface area contributed by atoms with Crippen molar-refractivity contribution in [2.24, 2.45) is 18.9 Å². The third-order valence-electron chi connectivity index (χ3n) is 4.19. The van der Waals surface area contributed by atoms with Crippen molar-refractivity contribution in [3.63, 3.8) is 0 Å². The van der Waals surface area contributed by atoms with Gasteiger partial charge in [0.1, 0.15) is 0 Å². The normalized spacial score (nSPS) is 34.5. The largest absolute Gasteiger partial charge is 0.316 e. The predicted molar refractivity (Wildman–Crippen MR) is 62.9 cm³/mol. The lowest BCUT2D eigenvalue weighted by Gasteiger charge is -2.23. The second-order valence-electron chi connectivity index (χ2n) is 5.23. The highest BCUT2D eigenvalue weighted by atomic mass is 15.3. The maximum absolute atomic E-state index is 4.46. The van der Waals surface area contributed by atoms with Crippen LogP contribution >= 0.6 is 0 Å². The summed E-state index contributed by atoms with van der Waals surface area (Å²) in [5.41, 5.74) is 1.20. The highest BCUT2D eigenvalue weighted by Crippen LogP contribution is 2.32. The molecule has 0 aliphatic carbocycles. The third kappa shape index (κ3) is 1.66. The minimum atomic E-state index is 0.696. The van der Waals surface area contributed by atoms with Crippen LogP contribution in [0.15, 0.2) is 12.3 Å². The Morgan fingerprint density at radius 3 is 3.06 bits per heavy atom. The molecule has 16 heavy (non-hydrogen) atoms. The molecule has 1 aromatic heterocycles. The highest BCUT2D eigenvalue weighted by molar-refractivity contribution is 5.03. The molecule has 0 amide bonds. The molecule has 0 bridgehead atoms. The fraction of sp³-hybridized carbons (Fsp3) is 0.750. The van der Waals surface area contributed by atoms with Gasteiger partial charge in [-0.25, -0.2) is 0 Å². The summed E-state index contributed by atoms with van der Waals surface area (Å²) in [6.07, 6.45) is 2.03. The number of hydrogen-bond donors (Lipinski definition) is 1. The van der Waals surface area contributed by atoms with Gasteiger partial charge in [0.25, 0.3) is 0 Å². The molecule has 2 saturated heterocycles. The molecule has 0 radical (unpaired) electrons. The van der Waals surface area contributed by atoms with Crippen LogP contribution in [0.2, 0.25) is 0 Å². The van der Waals surface area contributed by atoms with Crippen LogP contribution in [-0.2, 0) is 13.6 Å². The average molecular weight is 220 g/mol. The summed E-state index contributed by atoms with van der Waals surface area (Å²) < 4.78 is 1.89. The van der Waals surface area contributed by atoms with Crippen LogP contribution in [-0.4, -0.2) is 40.4 Å². The van der Waals surface area contributed by atoms with E-state index in [9.17, 15) is 0 Å². The van der Waals surface area contributed by atoms with Gasteiger partial charge in [0, 0.05) is 32.4 Å². The van der Waals surface area contributed by atoms with Gasteiger partial charge in [-0.3, -0.25) is 9.58 Å². The van der Waals surface area contributed by atoms with E-state index in [1.165, 1.54) is 25.3 Å². The van der Waals surface area contributed by atoms with E-state index in [4.69, 9.17) is 0 Å². The molecule has 3 heterocycles. The zero-order valence-electron chi connectivity index (χ0n) is 10.1. The Morgan fingerprint density at radius 1 is 1.50 bits per heavy atom. The number of hydrogen-bond acceptors (Lipinski definition) is 3. The molecular formula is C12H20N4. The molecule has 3 unspecified atom stereocenters. The van der Waals surface area contributed by atoms with Crippen molar-refractivity contribution in [3.8, 4) is 0 Å². The first kappa shape index (κ1) is 10.3. The maximum atomic E-state index is 4.46. The number of nitrogens with zero attached hydrogens (tertiary/aromatic N) is 3. The van der Waals surface area contributed by atoms with Gasteiger partial charge in [0.05, 0.1) is 5.69 Å². The van der Waals surface area contributed by atoms with E-state index in [1.807, 2.05) is 17.9 Å². The molecule has 0 saturated carbocycles. The van der Waals surface area contributed by atoms with Crippen LogP contribution < -0.4 is 5.32 Å². The summed E-state index contributed by atoms with van der Waals surface area (Å²) in [5.74, 6) is 1.71. The lowest BCUT2D eigenvalue weighted by Crippen LogP contribution is -2.32. The number of nitrogens with one attached hydrogen (secondary N) is 1. The Balaban J connectivity index is 1.68. The Bertz CT molecular complexity index is 373. The zero-order chi connectivity index (χ0) is 11.1. The van der Waals surface area contributed by atoms with Gasteiger partial charge in [-0.15, -0.1) is 0 Å². The molecule has 2 aliphatic rings. The lowest BCUT2D eigenvalue weighted by atomic mass is 9.95. The smallest absolute Gasteiger partial charge is 0.0764 e. The summed E-state index contributed by atoms with van der Waals surface area (Å²) in [5, 5.41) is 7.96. The molecule has 3 rings (SSSR count). The average Bonchev–Trinajstić information content (AvgIpc) is 2.90. The Kier molecular flexibility index (Phi) is 2.48. The Labute approximate surface area is 96.6 Å². The number of fused-ring (bicyclic) bond motifs is 1. The second-order valence-corrected chi connectivity index (χ2v) is 5.23. The van der Waals surface area contributed by atoms with Gasteiger partial charge >= 0.3 is 0 Å². The standard InChI is InChI=1S/C12H20N4/c1-9-12-6-13-5-10(12)7-16(9)8-11-3-4-15(2)14-11/h3-4,9-10,12-13H,5-8H2,1-2H3. The molecule has 88 valence electrons. The SMILES string of the molecule is CC1C2CNCC2CN1Cc1ccn(C)n1. The molecule has 1 aromatic rings. The van der Waals surface area contributed by atoms with Crippen molar-refractivity contribution < 1.29 is 0 Å². The van der Waals surface area contributed by atoms with Gasteiger partial charge in [0.2, 0.25) is 0 Å². The fourth-order valence-corrected chi connectivity index (χ4v) is 3.22. The van der Waals surface area contributed by atoms with Crippen molar-refractivity contribution in [2.45, 2.75) is 19.5 Å². The zero-order valence-corrected chi connectivity index (χ0v) is 10.1. The van der Waals surface area contributed by atoms with E-state index >= 15 is 0 Å². The number of aryl methyl sites for hydroxylation is 1. The van der Waals surface area contributed by atoms with Crippen LogP contribution in [0.1, 0.15) is 12.6 Å². The molecule has 0 spiro atoms. The molecule has 3 atom stereocenters. The molecule has 4 nitrogen and oxygen atoms in total. The van der Waals surface area contributed by atoms with Crippen molar-refractivity contribution in [1.82, 2.24) is 20.0 Å². The maximum Gasteiger partial charge on any atom is 0.0764 e. The van der Waals surface area contributed by atoms with E-state index in [2.05, 4.69) is 28.3 Å². The molecular weight excluding hydrogens is 200 g/mol. The number of aromatic nitrogens is 2. The van der Waals surface area contributed by atoms with Crippen molar-refractivity contribution in [1.29, 1.82) is 0 Å². The second kappa shape index (κ2) is 3.86. The first-order valence-corrected chi connectivity index (χ1v) is 6.17. The summed E-state index contributed by atoms with van der Waals surface area (Å²) in [6.45, 7) is 7.00. The van der Waals surface area contributed by atoms with Crippen LogP contribution in [0.25, 0.3) is 0 Å². The highest BCUT2D eigenvalue weighted by Gasteiger charge is 2.41. The third-order valence-corrected chi connectivity index (χ3v) is 4.19. The van der Waals surface area contributed by atoms with E-state index in [0.29, 0.717) is 6.04 Å². The van der Waals surface area contributed by atoms with Gasteiger partial charge in [-0.05, 0) is 37.9 Å². The molecule has 1 N–H and O–H groups in total. The van der Waals surface area contributed by atoms with E-state index < -0.39 is 0 Å². The van der Waals surface area contributed by atoms with Gasteiger partial charge < -0.3 is 5.32 Å². The number of rotatable bonds is 2. The summed E-state index contributed by atoms with van der Waals surface area (Å²) in [6, 6.07) is 2.82. The van der Waals surface area contributed by atoms with Crippen LogP contribution in [0.3, 0.4) is 0 Å². The van der Waals surface area contributed by atoms with Crippen molar-refractivity contribution >= 4 is 0 Å². The van der Waals surface area contributed by atoms with Crippen molar-refractivity contribution in [3.05, 3.63) is 18.0 Å². The first-order valence-electron chi connectivity index (χ1n) is 6.17. The summed E-state index contributed by atoms with van der Waals surface area (Å²) in [7, 11) is 1.98. The van der Waals surface area contributed by atoms with E-state index in [1.54, 1.807) is 0 Å². The minimum Gasteiger partial charge on any atom is -0.316 e. The number of likely N-dealkylation sites (tertiary alicyclic amines) is 1. The Morgan fingerprint density at radius 2 is 2.38 bits per heavy atom. The Hall–Kier alpha value is -0.870. The molecule has 2 fully saturated rings. The quantitative estimate of drug-likeness (QED) is 0.786. The monoisotopic (exact) mass is 220 g/mol.